The smallest absolute Gasteiger partial charge is 0.406 e. The summed E-state index contributed by atoms with van der Waals surface area (Å²) in [6, 6.07) is 6.51. The zero-order valence-electron chi connectivity index (χ0n) is 16.4. The summed E-state index contributed by atoms with van der Waals surface area (Å²) < 4.78 is 54.2. The van der Waals surface area contributed by atoms with E-state index < -0.39 is 36.6 Å². The number of hydrogen-bond acceptors (Lipinski definition) is 6. The van der Waals surface area contributed by atoms with Crippen LogP contribution in [0.2, 0.25) is 0 Å². The van der Waals surface area contributed by atoms with Gasteiger partial charge in [0.05, 0.1) is 17.6 Å². The number of aliphatic hydroxyl groups excluding tert-OH is 2. The molecule has 3 aromatic rings. The molecule has 0 aliphatic rings. The zero-order chi connectivity index (χ0) is 23.5. The highest BCUT2D eigenvalue weighted by Crippen LogP contribution is 2.35. The van der Waals surface area contributed by atoms with Crippen LogP contribution < -0.4 is 10.1 Å². The number of carbonyl (C=O) groups is 1. The van der Waals surface area contributed by atoms with Gasteiger partial charge in [0.2, 0.25) is 0 Å². The topological polar surface area (TPSA) is 105 Å². The van der Waals surface area contributed by atoms with E-state index in [1.165, 1.54) is 30.6 Å². The van der Waals surface area contributed by atoms with Crippen LogP contribution >= 0.6 is 0 Å². The quantitative estimate of drug-likeness (QED) is 0.376. The van der Waals surface area contributed by atoms with Crippen LogP contribution in [-0.2, 0) is 11.3 Å². The van der Waals surface area contributed by atoms with Crippen LogP contribution in [0.1, 0.15) is 17.2 Å². The number of ether oxygens (including phenoxy) is 1. The molecule has 1 unspecified atom stereocenters. The summed E-state index contributed by atoms with van der Waals surface area (Å²) in [4.78, 5) is 20.1. The van der Waals surface area contributed by atoms with E-state index in [2.05, 4.69) is 26.6 Å². The second-order valence-corrected chi connectivity index (χ2v) is 6.61. The first-order chi connectivity index (χ1) is 15.1. The molecule has 1 aromatic heterocycles. The Bertz CT molecular complexity index is 1150. The summed E-state index contributed by atoms with van der Waals surface area (Å²) in [5, 5.41) is 22.1. The SMILES string of the molecule is C=C(F)C(=O)NCc1cc(-c2ccc(OC(F)(F)F)cc2)c2nccnc2c1C(O)CO. The number of amides is 1. The van der Waals surface area contributed by atoms with Gasteiger partial charge in [0.15, 0.2) is 5.83 Å². The number of nitrogens with zero attached hydrogens (tertiary/aromatic N) is 2. The van der Waals surface area contributed by atoms with Crippen molar-refractivity contribution in [2.75, 3.05) is 6.61 Å². The molecule has 0 aliphatic heterocycles. The molecule has 0 radical (unpaired) electrons. The fourth-order valence-electron chi connectivity index (χ4n) is 3.14. The number of carbonyl (C=O) groups excluding carboxylic acids is 1. The van der Waals surface area contributed by atoms with Crippen LogP contribution in [0.5, 0.6) is 5.75 Å². The number of fused-ring (bicyclic) bond motifs is 1. The lowest BCUT2D eigenvalue weighted by Gasteiger charge is -2.19. The highest BCUT2D eigenvalue weighted by Gasteiger charge is 2.31. The maximum Gasteiger partial charge on any atom is 0.573 e. The summed E-state index contributed by atoms with van der Waals surface area (Å²) in [6.45, 7) is 2.00. The third-order valence-corrected chi connectivity index (χ3v) is 4.46. The number of aliphatic hydroxyl groups is 2. The van der Waals surface area contributed by atoms with Gasteiger partial charge in [0, 0.05) is 30.1 Å². The fourth-order valence-corrected chi connectivity index (χ4v) is 3.14. The van der Waals surface area contributed by atoms with Gasteiger partial charge in [-0.3, -0.25) is 14.8 Å². The molecule has 0 saturated heterocycles. The Morgan fingerprint density at radius 2 is 1.78 bits per heavy atom. The van der Waals surface area contributed by atoms with Crippen molar-refractivity contribution in [1.82, 2.24) is 15.3 Å². The Balaban J connectivity index is 2.14. The van der Waals surface area contributed by atoms with Crippen molar-refractivity contribution in [3.8, 4) is 16.9 Å². The molecule has 3 rings (SSSR count). The van der Waals surface area contributed by atoms with Crippen LogP contribution in [-0.4, -0.2) is 39.1 Å². The van der Waals surface area contributed by atoms with E-state index in [-0.39, 0.29) is 17.6 Å². The Hall–Kier alpha value is -3.57. The van der Waals surface area contributed by atoms with E-state index in [9.17, 15) is 32.6 Å². The number of benzene rings is 2. The second-order valence-electron chi connectivity index (χ2n) is 6.61. The van der Waals surface area contributed by atoms with Crippen molar-refractivity contribution in [2.24, 2.45) is 0 Å². The van der Waals surface area contributed by atoms with E-state index in [1.807, 2.05) is 0 Å². The maximum absolute atomic E-state index is 13.1. The highest BCUT2D eigenvalue weighted by atomic mass is 19.4. The van der Waals surface area contributed by atoms with Crippen molar-refractivity contribution >= 4 is 16.9 Å². The van der Waals surface area contributed by atoms with Gasteiger partial charge in [0.1, 0.15) is 11.9 Å². The van der Waals surface area contributed by atoms with Crippen LogP contribution in [0.3, 0.4) is 0 Å². The molecule has 1 atom stereocenters. The Morgan fingerprint density at radius 1 is 1.16 bits per heavy atom. The van der Waals surface area contributed by atoms with Gasteiger partial charge in [-0.2, -0.15) is 0 Å². The number of halogens is 4. The van der Waals surface area contributed by atoms with Gasteiger partial charge >= 0.3 is 6.36 Å². The van der Waals surface area contributed by atoms with Gasteiger partial charge in [-0.25, -0.2) is 4.39 Å². The van der Waals surface area contributed by atoms with Gasteiger partial charge in [-0.05, 0) is 29.3 Å². The van der Waals surface area contributed by atoms with Crippen molar-refractivity contribution in [3.05, 3.63) is 66.3 Å². The summed E-state index contributed by atoms with van der Waals surface area (Å²) in [5.74, 6) is -2.70. The van der Waals surface area contributed by atoms with Crippen molar-refractivity contribution in [3.63, 3.8) is 0 Å². The minimum absolute atomic E-state index is 0.168. The molecule has 1 heterocycles. The van der Waals surface area contributed by atoms with E-state index in [1.54, 1.807) is 0 Å². The average molecular weight is 451 g/mol. The minimum atomic E-state index is -4.84. The summed E-state index contributed by atoms with van der Waals surface area (Å²) >= 11 is 0. The highest BCUT2D eigenvalue weighted by molar-refractivity contribution is 5.95. The van der Waals surface area contributed by atoms with Crippen LogP contribution in [0.25, 0.3) is 22.2 Å². The van der Waals surface area contributed by atoms with Gasteiger partial charge < -0.3 is 20.3 Å². The Labute approximate surface area is 179 Å². The van der Waals surface area contributed by atoms with Crippen molar-refractivity contribution in [2.45, 2.75) is 19.0 Å². The first-order valence-electron chi connectivity index (χ1n) is 9.15. The molecule has 0 spiro atoms. The molecule has 0 aliphatic carbocycles. The average Bonchev–Trinajstić information content (AvgIpc) is 2.75. The second kappa shape index (κ2) is 9.28. The summed E-state index contributed by atoms with van der Waals surface area (Å²) in [6.07, 6.45) is -3.48. The van der Waals surface area contributed by atoms with E-state index in [0.29, 0.717) is 22.2 Å². The first kappa shape index (κ1) is 23.1. The molecular formula is C21H17F4N3O4. The van der Waals surface area contributed by atoms with Crippen LogP contribution in [0.4, 0.5) is 17.6 Å². The molecule has 3 N–H and O–H groups in total. The predicted octanol–water partition coefficient (Wildman–Crippen LogP) is 3.32. The Kier molecular flexibility index (Phi) is 6.70. The minimum Gasteiger partial charge on any atom is -0.406 e. The largest absolute Gasteiger partial charge is 0.573 e. The third kappa shape index (κ3) is 5.18. The lowest BCUT2D eigenvalue weighted by molar-refractivity contribution is -0.274. The molecule has 1 amide bonds. The molecule has 2 aromatic carbocycles. The predicted molar refractivity (Wildman–Crippen MR) is 106 cm³/mol. The van der Waals surface area contributed by atoms with Gasteiger partial charge in [0.25, 0.3) is 5.91 Å². The van der Waals surface area contributed by atoms with Crippen molar-refractivity contribution < 1.29 is 37.3 Å². The third-order valence-electron chi connectivity index (χ3n) is 4.46. The maximum atomic E-state index is 13.1. The van der Waals surface area contributed by atoms with Crippen LogP contribution in [0, 0.1) is 0 Å². The lowest BCUT2D eigenvalue weighted by atomic mass is 9.93. The van der Waals surface area contributed by atoms with E-state index in [0.717, 1.165) is 12.1 Å². The summed E-state index contributed by atoms with van der Waals surface area (Å²) in [7, 11) is 0. The monoisotopic (exact) mass is 451 g/mol. The Morgan fingerprint density at radius 3 is 2.34 bits per heavy atom. The number of rotatable bonds is 7. The lowest BCUT2D eigenvalue weighted by Crippen LogP contribution is -2.24. The number of hydrogen-bond donors (Lipinski definition) is 3. The number of aromatic nitrogens is 2. The molecule has 32 heavy (non-hydrogen) atoms. The van der Waals surface area contributed by atoms with Crippen molar-refractivity contribution in [1.29, 1.82) is 0 Å². The van der Waals surface area contributed by atoms with Gasteiger partial charge in [-0.15, -0.1) is 13.2 Å². The van der Waals surface area contributed by atoms with E-state index in [4.69, 9.17) is 0 Å². The van der Waals surface area contributed by atoms with E-state index >= 15 is 0 Å². The van der Waals surface area contributed by atoms with Gasteiger partial charge in [-0.1, -0.05) is 18.7 Å². The molecule has 0 fully saturated rings. The molecule has 11 heteroatoms. The number of alkyl halides is 3. The molecule has 7 nitrogen and oxygen atoms in total. The molecule has 0 saturated carbocycles. The number of nitrogens with one attached hydrogen (secondary N) is 1. The zero-order valence-corrected chi connectivity index (χ0v) is 16.4. The van der Waals surface area contributed by atoms with Crippen LogP contribution in [0.15, 0.2) is 55.1 Å². The standard InChI is InChI=1S/C21H17F4N3O4/c1-11(22)20(31)28-9-13-8-15(12-2-4-14(5-3-12)32-21(23,24)25)18-19(27-7-6-26-18)17(13)16(30)10-29/h2-8,16,29-30H,1,9-10H2,(H,28,31). The molecule has 0 bridgehead atoms. The normalized spacial score (nSPS) is 12.4. The fraction of sp³-hybridized carbons (Fsp3) is 0.190. The molecular weight excluding hydrogens is 434 g/mol. The first-order valence-corrected chi connectivity index (χ1v) is 9.15. The molecule has 168 valence electrons. The summed E-state index contributed by atoms with van der Waals surface area (Å²) in [5.41, 5.74) is 1.82.